The van der Waals surface area contributed by atoms with Crippen LogP contribution in [0.1, 0.15) is 36.0 Å². The Morgan fingerprint density at radius 2 is 1.96 bits per heavy atom. The highest BCUT2D eigenvalue weighted by Crippen LogP contribution is 2.38. The smallest absolute Gasteiger partial charge is 0.256 e. The van der Waals surface area contributed by atoms with Crippen molar-refractivity contribution in [2.45, 2.75) is 35.8 Å². The summed E-state index contributed by atoms with van der Waals surface area (Å²) in [5, 5.41) is 3.71. The summed E-state index contributed by atoms with van der Waals surface area (Å²) in [7, 11) is 1.60. The van der Waals surface area contributed by atoms with Gasteiger partial charge in [-0.1, -0.05) is 25.0 Å². The monoisotopic (exact) mass is 405 g/mol. The first-order chi connectivity index (χ1) is 11.7. The van der Waals surface area contributed by atoms with Gasteiger partial charge < -0.3 is 10.1 Å². The summed E-state index contributed by atoms with van der Waals surface area (Å²) in [4.78, 5) is 13.8. The van der Waals surface area contributed by atoms with E-state index >= 15 is 0 Å². The van der Waals surface area contributed by atoms with E-state index < -0.39 is 0 Å². The minimum atomic E-state index is -0.139. The molecule has 0 radical (unpaired) electrons. The molecule has 0 saturated heterocycles. The van der Waals surface area contributed by atoms with Crippen molar-refractivity contribution in [3.8, 4) is 5.75 Å². The van der Waals surface area contributed by atoms with Crippen LogP contribution in [0.2, 0.25) is 0 Å². The Hall–Kier alpha value is -1.46. The first kappa shape index (κ1) is 17.4. The average Bonchev–Trinajstić information content (AvgIpc) is 3.10. The van der Waals surface area contributed by atoms with Crippen molar-refractivity contribution >= 4 is 39.3 Å². The molecule has 0 atom stereocenters. The van der Waals surface area contributed by atoms with Crippen LogP contribution < -0.4 is 10.1 Å². The van der Waals surface area contributed by atoms with E-state index in [1.165, 1.54) is 25.7 Å². The number of hydrogen-bond donors (Lipinski definition) is 1. The third-order valence-corrected chi connectivity index (χ3v) is 6.26. The highest BCUT2D eigenvalue weighted by atomic mass is 79.9. The Morgan fingerprint density at radius 3 is 2.71 bits per heavy atom. The molecule has 24 heavy (non-hydrogen) atoms. The zero-order chi connectivity index (χ0) is 16.9. The van der Waals surface area contributed by atoms with Gasteiger partial charge in [0.15, 0.2) is 0 Å². The molecule has 0 heterocycles. The Balaban J connectivity index is 1.79. The van der Waals surface area contributed by atoms with Gasteiger partial charge >= 0.3 is 0 Å². The second kappa shape index (κ2) is 8.08. The van der Waals surface area contributed by atoms with Gasteiger partial charge in [0, 0.05) is 14.6 Å². The molecule has 2 aromatic rings. The number of halogens is 1. The van der Waals surface area contributed by atoms with Crippen LogP contribution in [-0.4, -0.2) is 18.3 Å². The number of hydrogen-bond acceptors (Lipinski definition) is 3. The zero-order valence-corrected chi connectivity index (χ0v) is 16.0. The van der Waals surface area contributed by atoms with Gasteiger partial charge in [0.1, 0.15) is 5.75 Å². The fourth-order valence-electron chi connectivity index (χ4n) is 2.85. The van der Waals surface area contributed by atoms with Crippen LogP contribution in [0.5, 0.6) is 5.75 Å². The molecule has 0 spiro atoms. The van der Waals surface area contributed by atoms with Gasteiger partial charge in [-0.05, 0) is 59.1 Å². The van der Waals surface area contributed by atoms with E-state index in [4.69, 9.17) is 4.74 Å². The van der Waals surface area contributed by atoms with Crippen LogP contribution in [0.15, 0.2) is 51.8 Å². The lowest BCUT2D eigenvalue weighted by Crippen LogP contribution is -2.13. The van der Waals surface area contributed by atoms with E-state index in [0.29, 0.717) is 16.6 Å². The first-order valence-electron chi connectivity index (χ1n) is 8.08. The number of methoxy groups -OCH3 is 1. The fourth-order valence-corrected chi connectivity index (χ4v) is 4.61. The van der Waals surface area contributed by atoms with Crippen LogP contribution >= 0.6 is 27.7 Å². The Morgan fingerprint density at radius 1 is 1.21 bits per heavy atom. The Bertz CT molecular complexity index is 729. The highest BCUT2D eigenvalue weighted by Gasteiger charge is 2.19. The number of ether oxygens (including phenoxy) is 1. The number of amides is 1. The predicted octanol–water partition coefficient (Wildman–Crippen LogP) is 5.74. The number of rotatable bonds is 5. The first-order valence-corrected chi connectivity index (χ1v) is 9.75. The maximum Gasteiger partial charge on any atom is 0.256 e. The van der Waals surface area contributed by atoms with E-state index in [-0.39, 0.29) is 5.91 Å². The van der Waals surface area contributed by atoms with Crippen LogP contribution in [-0.2, 0) is 0 Å². The van der Waals surface area contributed by atoms with E-state index in [0.717, 1.165) is 15.1 Å². The van der Waals surface area contributed by atoms with Crippen molar-refractivity contribution in [3.63, 3.8) is 0 Å². The van der Waals surface area contributed by atoms with E-state index in [1.807, 2.05) is 42.1 Å². The van der Waals surface area contributed by atoms with Crippen molar-refractivity contribution in [3.05, 3.63) is 52.5 Å². The predicted molar refractivity (Wildman–Crippen MR) is 103 cm³/mol. The lowest BCUT2D eigenvalue weighted by Gasteiger charge is -2.14. The lowest BCUT2D eigenvalue weighted by atomic mass is 10.2. The second-order valence-electron chi connectivity index (χ2n) is 5.82. The summed E-state index contributed by atoms with van der Waals surface area (Å²) in [5.74, 6) is 0.525. The summed E-state index contributed by atoms with van der Waals surface area (Å²) in [5.41, 5.74) is 1.43. The SMILES string of the molecule is COc1ccc(Br)c(C(=O)Nc2ccccc2SC2CCCC2)c1. The van der Waals surface area contributed by atoms with Gasteiger partial charge in [-0.2, -0.15) is 0 Å². The molecular weight excluding hydrogens is 386 g/mol. The molecule has 0 bridgehead atoms. The number of carbonyl (C=O) groups is 1. The zero-order valence-electron chi connectivity index (χ0n) is 13.5. The van der Waals surface area contributed by atoms with Crippen LogP contribution in [0.4, 0.5) is 5.69 Å². The van der Waals surface area contributed by atoms with Crippen LogP contribution in [0.3, 0.4) is 0 Å². The summed E-state index contributed by atoms with van der Waals surface area (Å²) < 4.78 is 5.97. The molecule has 1 fully saturated rings. The lowest BCUT2D eigenvalue weighted by molar-refractivity contribution is 0.102. The normalized spacial score (nSPS) is 14.6. The number of thioether (sulfide) groups is 1. The molecule has 2 aromatic carbocycles. The van der Waals surface area contributed by atoms with Crippen molar-refractivity contribution in [1.82, 2.24) is 0 Å². The van der Waals surface area contributed by atoms with Gasteiger partial charge in [-0.3, -0.25) is 4.79 Å². The minimum absolute atomic E-state index is 0.139. The molecular formula is C19H20BrNO2S. The van der Waals surface area contributed by atoms with E-state index in [9.17, 15) is 4.79 Å². The molecule has 0 unspecified atom stereocenters. The number of para-hydroxylation sites is 1. The Kier molecular flexibility index (Phi) is 5.85. The van der Waals surface area contributed by atoms with Crippen molar-refractivity contribution in [1.29, 1.82) is 0 Å². The largest absolute Gasteiger partial charge is 0.497 e. The van der Waals surface area contributed by atoms with Gasteiger partial charge in [0.2, 0.25) is 0 Å². The van der Waals surface area contributed by atoms with Crippen LogP contribution in [0, 0.1) is 0 Å². The Labute approximate surface area is 155 Å². The maximum atomic E-state index is 12.7. The molecule has 3 rings (SSSR count). The molecule has 1 saturated carbocycles. The number of nitrogens with one attached hydrogen (secondary N) is 1. The summed E-state index contributed by atoms with van der Waals surface area (Å²) >= 11 is 5.32. The van der Waals surface area contributed by atoms with E-state index in [1.54, 1.807) is 13.2 Å². The minimum Gasteiger partial charge on any atom is -0.497 e. The van der Waals surface area contributed by atoms with Gasteiger partial charge in [0.05, 0.1) is 18.4 Å². The van der Waals surface area contributed by atoms with Gasteiger partial charge in [-0.25, -0.2) is 0 Å². The van der Waals surface area contributed by atoms with Crippen molar-refractivity contribution in [2.24, 2.45) is 0 Å². The van der Waals surface area contributed by atoms with Gasteiger partial charge in [-0.15, -0.1) is 11.8 Å². The molecule has 0 aliphatic heterocycles. The summed E-state index contributed by atoms with van der Waals surface area (Å²) in [6, 6.07) is 13.4. The number of carbonyl (C=O) groups excluding carboxylic acids is 1. The standard InChI is InChI=1S/C19H20BrNO2S/c1-23-13-10-11-16(20)15(12-13)19(22)21-17-8-4-5-9-18(17)24-14-6-2-3-7-14/h4-5,8-12,14H,2-3,6-7H2,1H3,(H,21,22). The molecule has 0 aromatic heterocycles. The number of benzene rings is 2. The second-order valence-corrected chi connectivity index (χ2v) is 8.02. The molecule has 3 nitrogen and oxygen atoms in total. The topological polar surface area (TPSA) is 38.3 Å². The average molecular weight is 406 g/mol. The third-order valence-electron chi connectivity index (χ3n) is 4.15. The summed E-state index contributed by atoms with van der Waals surface area (Å²) in [6.07, 6.45) is 5.13. The third kappa shape index (κ3) is 4.14. The molecule has 1 amide bonds. The molecule has 1 N–H and O–H groups in total. The molecule has 1 aliphatic carbocycles. The summed E-state index contributed by atoms with van der Waals surface area (Å²) in [6.45, 7) is 0. The molecule has 1 aliphatic rings. The van der Waals surface area contributed by atoms with Crippen molar-refractivity contribution < 1.29 is 9.53 Å². The fraction of sp³-hybridized carbons (Fsp3) is 0.316. The highest BCUT2D eigenvalue weighted by molar-refractivity contribution is 9.10. The van der Waals surface area contributed by atoms with E-state index in [2.05, 4.69) is 27.3 Å². The van der Waals surface area contributed by atoms with Crippen molar-refractivity contribution in [2.75, 3.05) is 12.4 Å². The quantitative estimate of drug-likeness (QED) is 0.688. The maximum absolute atomic E-state index is 12.7. The molecule has 126 valence electrons. The van der Waals surface area contributed by atoms with Gasteiger partial charge in [0.25, 0.3) is 5.91 Å². The van der Waals surface area contributed by atoms with Crippen LogP contribution in [0.25, 0.3) is 0 Å². The number of anilines is 1. The molecule has 5 heteroatoms.